The molecule has 0 bridgehead atoms. The number of carbonyl (C=O) groups excluding carboxylic acids is 1. The third-order valence-electron chi connectivity index (χ3n) is 4.26. The molecule has 3 aromatic carbocycles. The number of nitrogens with one attached hydrogen (secondary N) is 1. The summed E-state index contributed by atoms with van der Waals surface area (Å²) in [5.74, 6) is -1.26. The molecule has 0 atom stereocenters. The summed E-state index contributed by atoms with van der Waals surface area (Å²) in [7, 11) is 0. The van der Waals surface area contributed by atoms with Crippen LogP contribution in [0.3, 0.4) is 0 Å². The molecule has 0 heterocycles. The molecular formula is C21H15F3N2O3. The summed E-state index contributed by atoms with van der Waals surface area (Å²) in [5, 5.41) is 11.8. The molecule has 0 aliphatic carbocycles. The Kier molecular flexibility index (Phi) is 5.27. The Hall–Kier alpha value is -3.81. The third-order valence-corrected chi connectivity index (χ3v) is 4.26. The van der Waals surface area contributed by atoms with Crippen LogP contribution in [0.5, 0.6) is 0 Å². The van der Waals surface area contributed by atoms with Crippen molar-refractivity contribution in [3.63, 3.8) is 0 Å². The summed E-state index contributed by atoms with van der Waals surface area (Å²) in [5.41, 5.74) is 6.02. The highest BCUT2D eigenvalue weighted by atomic mass is 19.4. The van der Waals surface area contributed by atoms with E-state index in [4.69, 9.17) is 5.73 Å². The molecule has 29 heavy (non-hydrogen) atoms. The average Bonchev–Trinajstić information content (AvgIpc) is 2.67. The van der Waals surface area contributed by atoms with E-state index in [0.717, 1.165) is 12.1 Å². The average molecular weight is 400 g/mol. The van der Waals surface area contributed by atoms with Gasteiger partial charge < -0.3 is 16.2 Å². The van der Waals surface area contributed by atoms with E-state index >= 15 is 0 Å². The highest BCUT2D eigenvalue weighted by molar-refractivity contribution is 6.05. The van der Waals surface area contributed by atoms with E-state index in [2.05, 4.69) is 5.32 Å². The summed E-state index contributed by atoms with van der Waals surface area (Å²) in [6.45, 7) is 0. The van der Waals surface area contributed by atoms with Gasteiger partial charge in [0.05, 0.1) is 16.8 Å². The molecule has 148 valence electrons. The molecule has 0 aliphatic heterocycles. The summed E-state index contributed by atoms with van der Waals surface area (Å²) in [6, 6.07) is 15.0. The molecule has 4 N–H and O–H groups in total. The Bertz CT molecular complexity index is 1080. The fraction of sp³-hybridized carbons (Fsp3) is 0.0476. The van der Waals surface area contributed by atoms with Crippen LogP contribution in [-0.2, 0) is 6.18 Å². The van der Waals surface area contributed by atoms with Gasteiger partial charge in [-0.2, -0.15) is 13.2 Å². The number of amides is 2. The molecule has 3 rings (SSSR count). The standard InChI is InChI=1S/C21H15F3N2O3/c22-21(23,24)15-4-1-3-14(11-15)12-7-9-13(10-8-12)16-5-2-6-17(26-20(25)29)18(16)19(27)28/h1-11H,(H,27,28)(H3,25,26,29). The van der Waals surface area contributed by atoms with Crippen LogP contribution in [0.2, 0.25) is 0 Å². The molecule has 0 aliphatic rings. The Balaban J connectivity index is 2.02. The van der Waals surface area contributed by atoms with Gasteiger partial charge in [0.1, 0.15) is 0 Å². The lowest BCUT2D eigenvalue weighted by Crippen LogP contribution is -2.21. The van der Waals surface area contributed by atoms with Crippen LogP contribution < -0.4 is 11.1 Å². The van der Waals surface area contributed by atoms with E-state index in [1.165, 1.54) is 12.1 Å². The second-order valence-corrected chi connectivity index (χ2v) is 6.18. The number of anilines is 1. The fourth-order valence-corrected chi connectivity index (χ4v) is 2.98. The normalized spacial score (nSPS) is 11.1. The molecule has 0 unspecified atom stereocenters. The van der Waals surface area contributed by atoms with Gasteiger partial charge in [0.15, 0.2) is 0 Å². The predicted octanol–water partition coefficient (Wildman–Crippen LogP) is 5.23. The second kappa shape index (κ2) is 7.67. The van der Waals surface area contributed by atoms with Crippen LogP contribution in [0, 0.1) is 0 Å². The van der Waals surface area contributed by atoms with Crippen molar-refractivity contribution in [1.29, 1.82) is 0 Å². The van der Waals surface area contributed by atoms with Crippen molar-refractivity contribution in [3.8, 4) is 22.3 Å². The molecule has 5 nitrogen and oxygen atoms in total. The van der Waals surface area contributed by atoms with Crippen molar-refractivity contribution >= 4 is 17.7 Å². The lowest BCUT2D eigenvalue weighted by molar-refractivity contribution is -0.137. The molecule has 0 spiro atoms. The van der Waals surface area contributed by atoms with E-state index in [0.29, 0.717) is 22.3 Å². The number of primary amides is 1. The fourth-order valence-electron chi connectivity index (χ4n) is 2.98. The Labute approximate surface area is 163 Å². The minimum atomic E-state index is -4.44. The molecule has 8 heteroatoms. The van der Waals surface area contributed by atoms with Gasteiger partial charge in [-0.3, -0.25) is 0 Å². The molecular weight excluding hydrogens is 385 g/mol. The number of alkyl halides is 3. The summed E-state index contributed by atoms with van der Waals surface area (Å²) < 4.78 is 38.8. The van der Waals surface area contributed by atoms with Crippen LogP contribution in [0.15, 0.2) is 66.7 Å². The first-order valence-corrected chi connectivity index (χ1v) is 8.37. The maximum atomic E-state index is 12.9. The van der Waals surface area contributed by atoms with Gasteiger partial charge in [-0.15, -0.1) is 0 Å². The van der Waals surface area contributed by atoms with Gasteiger partial charge in [0.25, 0.3) is 0 Å². The maximum Gasteiger partial charge on any atom is 0.416 e. The highest BCUT2D eigenvalue weighted by Gasteiger charge is 2.30. The number of carboxylic acid groups (broad SMARTS) is 1. The van der Waals surface area contributed by atoms with Crippen molar-refractivity contribution in [2.75, 3.05) is 5.32 Å². The van der Waals surface area contributed by atoms with Gasteiger partial charge in [-0.05, 0) is 40.5 Å². The lowest BCUT2D eigenvalue weighted by atomic mass is 9.95. The summed E-state index contributed by atoms with van der Waals surface area (Å²) in [4.78, 5) is 22.8. The molecule has 0 fully saturated rings. The quantitative estimate of drug-likeness (QED) is 0.560. The zero-order valence-corrected chi connectivity index (χ0v) is 14.8. The van der Waals surface area contributed by atoms with E-state index in [1.54, 1.807) is 42.5 Å². The van der Waals surface area contributed by atoms with Gasteiger partial charge in [0.2, 0.25) is 0 Å². The minimum absolute atomic E-state index is 0.0458. The first-order chi connectivity index (χ1) is 13.7. The first-order valence-electron chi connectivity index (χ1n) is 8.37. The van der Waals surface area contributed by atoms with Crippen LogP contribution in [0.25, 0.3) is 22.3 Å². The Morgan fingerprint density at radius 1 is 0.862 bits per heavy atom. The van der Waals surface area contributed by atoms with Crippen LogP contribution in [0.4, 0.5) is 23.7 Å². The zero-order chi connectivity index (χ0) is 21.2. The molecule has 0 saturated carbocycles. The predicted molar refractivity (Wildman–Crippen MR) is 102 cm³/mol. The second-order valence-electron chi connectivity index (χ2n) is 6.18. The SMILES string of the molecule is NC(=O)Nc1cccc(-c2ccc(-c3cccc(C(F)(F)F)c3)cc2)c1C(=O)O. The smallest absolute Gasteiger partial charge is 0.416 e. The number of carboxylic acids is 1. The van der Waals surface area contributed by atoms with Gasteiger partial charge in [-0.25, -0.2) is 9.59 Å². The maximum absolute atomic E-state index is 12.9. The summed E-state index contributed by atoms with van der Waals surface area (Å²) in [6.07, 6.45) is -4.44. The number of rotatable bonds is 4. The van der Waals surface area contributed by atoms with E-state index in [9.17, 15) is 27.9 Å². The number of carbonyl (C=O) groups is 2. The van der Waals surface area contributed by atoms with Gasteiger partial charge >= 0.3 is 18.2 Å². The number of benzene rings is 3. The van der Waals surface area contributed by atoms with Gasteiger partial charge in [-0.1, -0.05) is 48.5 Å². The summed E-state index contributed by atoms with van der Waals surface area (Å²) >= 11 is 0. The minimum Gasteiger partial charge on any atom is -0.478 e. The first kappa shape index (κ1) is 19.9. The van der Waals surface area contributed by atoms with Gasteiger partial charge in [0, 0.05) is 0 Å². The zero-order valence-electron chi connectivity index (χ0n) is 14.8. The number of hydrogen-bond donors (Lipinski definition) is 3. The van der Waals surface area contributed by atoms with E-state index in [1.807, 2.05) is 0 Å². The molecule has 2 amide bonds. The Morgan fingerprint density at radius 2 is 1.48 bits per heavy atom. The number of aromatic carboxylic acids is 1. The topological polar surface area (TPSA) is 92.4 Å². The Morgan fingerprint density at radius 3 is 2.07 bits per heavy atom. The van der Waals surface area contributed by atoms with E-state index in [-0.39, 0.29) is 11.3 Å². The third kappa shape index (κ3) is 4.37. The van der Waals surface area contributed by atoms with Crippen LogP contribution in [-0.4, -0.2) is 17.1 Å². The van der Waals surface area contributed by atoms with Crippen molar-refractivity contribution in [1.82, 2.24) is 0 Å². The molecule has 0 aromatic heterocycles. The molecule has 0 saturated heterocycles. The van der Waals surface area contributed by atoms with Crippen molar-refractivity contribution in [2.24, 2.45) is 5.73 Å². The van der Waals surface area contributed by atoms with Crippen molar-refractivity contribution in [2.45, 2.75) is 6.18 Å². The van der Waals surface area contributed by atoms with Crippen LogP contribution >= 0.6 is 0 Å². The monoisotopic (exact) mass is 400 g/mol. The van der Waals surface area contributed by atoms with Crippen molar-refractivity contribution < 1.29 is 27.9 Å². The number of hydrogen-bond acceptors (Lipinski definition) is 2. The molecule has 0 radical (unpaired) electrons. The lowest BCUT2D eigenvalue weighted by Gasteiger charge is -2.13. The highest BCUT2D eigenvalue weighted by Crippen LogP contribution is 2.34. The van der Waals surface area contributed by atoms with Crippen molar-refractivity contribution in [3.05, 3.63) is 77.9 Å². The number of halogens is 3. The largest absolute Gasteiger partial charge is 0.478 e. The molecule has 3 aromatic rings. The van der Waals surface area contributed by atoms with Crippen LogP contribution in [0.1, 0.15) is 15.9 Å². The van der Waals surface area contributed by atoms with E-state index < -0.39 is 23.7 Å². The number of urea groups is 1. The number of nitrogens with two attached hydrogens (primary N) is 1.